The van der Waals surface area contributed by atoms with E-state index in [1.807, 2.05) is 0 Å². The van der Waals surface area contributed by atoms with Gasteiger partial charge < -0.3 is 20.1 Å². The number of primary amides is 1. The first kappa shape index (κ1) is 14.8. The number of ether oxygens (including phenoxy) is 2. The van der Waals surface area contributed by atoms with Gasteiger partial charge in [0.1, 0.15) is 5.75 Å². The molecule has 0 fully saturated rings. The molecule has 1 aromatic carbocycles. The van der Waals surface area contributed by atoms with E-state index in [0.29, 0.717) is 11.4 Å². The molecule has 1 unspecified atom stereocenters. The lowest BCUT2D eigenvalue weighted by atomic mass is 10.2. The summed E-state index contributed by atoms with van der Waals surface area (Å²) in [5.41, 5.74) is 5.63. The molecule has 0 spiro atoms. The van der Waals surface area contributed by atoms with Crippen molar-refractivity contribution in [3.8, 4) is 5.75 Å². The predicted molar refractivity (Wildman–Crippen MR) is 73.7 cm³/mol. The lowest BCUT2D eigenvalue weighted by molar-refractivity contribution is -0.153. The quantitative estimate of drug-likeness (QED) is 0.783. The molecule has 2 amide bonds. The number of benzene rings is 1. The van der Waals surface area contributed by atoms with Crippen LogP contribution in [-0.2, 0) is 19.1 Å². The molecular weight excluding hydrogens is 276 g/mol. The first-order valence-electron chi connectivity index (χ1n) is 6.50. The van der Waals surface area contributed by atoms with E-state index in [-0.39, 0.29) is 25.5 Å². The normalized spacial score (nSPS) is 14.9. The highest BCUT2D eigenvalue weighted by atomic mass is 16.5. The smallest absolute Gasteiger partial charge is 0.308 e. The second-order valence-corrected chi connectivity index (χ2v) is 4.59. The summed E-state index contributed by atoms with van der Waals surface area (Å²) in [4.78, 5) is 35.8. The highest BCUT2D eigenvalue weighted by Crippen LogP contribution is 2.31. The first-order valence-corrected chi connectivity index (χ1v) is 6.50. The van der Waals surface area contributed by atoms with Gasteiger partial charge in [-0.05, 0) is 19.1 Å². The Hall–Kier alpha value is -2.57. The van der Waals surface area contributed by atoms with Gasteiger partial charge in [-0.15, -0.1) is 0 Å². The Kier molecular flexibility index (Phi) is 4.42. The summed E-state index contributed by atoms with van der Waals surface area (Å²) in [5.74, 6) is -0.936. The van der Waals surface area contributed by atoms with Crippen LogP contribution in [0.15, 0.2) is 24.3 Å². The van der Waals surface area contributed by atoms with Crippen LogP contribution in [-0.4, -0.2) is 37.0 Å². The van der Waals surface area contributed by atoms with Crippen LogP contribution in [0.25, 0.3) is 0 Å². The van der Waals surface area contributed by atoms with Crippen molar-refractivity contribution < 1.29 is 23.9 Å². The minimum atomic E-state index is -0.981. The minimum absolute atomic E-state index is 0.0301. The molecular formula is C14H16N2O5. The Morgan fingerprint density at radius 3 is 2.86 bits per heavy atom. The van der Waals surface area contributed by atoms with Crippen molar-refractivity contribution in [1.82, 2.24) is 0 Å². The first-order chi connectivity index (χ1) is 9.99. The lowest BCUT2D eigenvalue weighted by Gasteiger charge is -2.29. The number of anilines is 1. The Balaban J connectivity index is 1.98. The summed E-state index contributed by atoms with van der Waals surface area (Å²) in [6.45, 7) is 1.49. The van der Waals surface area contributed by atoms with Crippen molar-refractivity contribution in [3.05, 3.63) is 24.3 Å². The van der Waals surface area contributed by atoms with E-state index in [1.54, 1.807) is 24.3 Å². The van der Waals surface area contributed by atoms with Crippen LogP contribution in [0.5, 0.6) is 5.75 Å². The third-order valence-corrected chi connectivity index (χ3v) is 3.06. The van der Waals surface area contributed by atoms with Gasteiger partial charge in [0.25, 0.3) is 11.8 Å². The molecule has 1 atom stereocenters. The molecule has 0 bridgehead atoms. The van der Waals surface area contributed by atoms with Crippen LogP contribution in [0.1, 0.15) is 13.3 Å². The molecule has 0 saturated heterocycles. The van der Waals surface area contributed by atoms with E-state index in [1.165, 1.54) is 11.8 Å². The van der Waals surface area contributed by atoms with Gasteiger partial charge in [-0.2, -0.15) is 0 Å². The van der Waals surface area contributed by atoms with Gasteiger partial charge in [0.2, 0.25) is 0 Å². The zero-order valence-corrected chi connectivity index (χ0v) is 11.6. The fourth-order valence-electron chi connectivity index (χ4n) is 1.92. The van der Waals surface area contributed by atoms with Gasteiger partial charge in [0.05, 0.1) is 12.1 Å². The van der Waals surface area contributed by atoms with Gasteiger partial charge in [0, 0.05) is 6.54 Å². The molecule has 1 aromatic rings. The molecule has 112 valence electrons. The monoisotopic (exact) mass is 292 g/mol. The topological polar surface area (TPSA) is 98.9 Å². The van der Waals surface area contributed by atoms with Crippen molar-refractivity contribution in [2.45, 2.75) is 19.4 Å². The average molecular weight is 292 g/mol. The number of rotatable bonds is 5. The number of esters is 1. The molecule has 21 heavy (non-hydrogen) atoms. The molecule has 0 aliphatic carbocycles. The van der Waals surface area contributed by atoms with Crippen LogP contribution in [0.2, 0.25) is 0 Å². The van der Waals surface area contributed by atoms with Crippen molar-refractivity contribution in [3.63, 3.8) is 0 Å². The summed E-state index contributed by atoms with van der Waals surface area (Å²) in [6.07, 6.45) is -1.01. The molecule has 0 saturated carbocycles. The van der Waals surface area contributed by atoms with Crippen molar-refractivity contribution in [2.75, 3.05) is 18.1 Å². The highest BCUT2D eigenvalue weighted by Gasteiger charge is 2.26. The second kappa shape index (κ2) is 6.25. The maximum atomic E-state index is 11.9. The third-order valence-electron chi connectivity index (χ3n) is 3.06. The fraction of sp³-hybridized carbons (Fsp3) is 0.357. The minimum Gasteiger partial charge on any atom is -0.482 e. The number of nitrogens with zero attached hydrogens (tertiary/aromatic N) is 1. The van der Waals surface area contributed by atoms with Gasteiger partial charge >= 0.3 is 5.97 Å². The van der Waals surface area contributed by atoms with Crippen LogP contribution >= 0.6 is 0 Å². The summed E-state index contributed by atoms with van der Waals surface area (Å²) in [5, 5.41) is 0. The number of carbonyl (C=O) groups excluding carboxylic acids is 3. The van der Waals surface area contributed by atoms with E-state index in [9.17, 15) is 14.4 Å². The van der Waals surface area contributed by atoms with Gasteiger partial charge in [-0.25, -0.2) is 0 Å². The van der Waals surface area contributed by atoms with Gasteiger partial charge in [0.15, 0.2) is 12.7 Å². The molecule has 2 N–H and O–H groups in total. The largest absolute Gasteiger partial charge is 0.482 e. The van der Waals surface area contributed by atoms with E-state index >= 15 is 0 Å². The predicted octanol–water partition coefficient (Wildman–Crippen LogP) is 0.219. The number of amides is 2. The van der Waals surface area contributed by atoms with Crippen LogP contribution in [0.4, 0.5) is 5.69 Å². The van der Waals surface area contributed by atoms with E-state index in [0.717, 1.165) is 0 Å². The Morgan fingerprint density at radius 1 is 1.43 bits per heavy atom. The van der Waals surface area contributed by atoms with E-state index in [4.69, 9.17) is 15.2 Å². The third kappa shape index (κ3) is 3.50. The summed E-state index contributed by atoms with van der Waals surface area (Å²) in [7, 11) is 0. The average Bonchev–Trinajstić information content (AvgIpc) is 2.46. The number of carbonyl (C=O) groups is 3. The number of para-hydroxylation sites is 2. The Bertz CT molecular complexity index is 572. The number of nitrogens with two attached hydrogens (primary N) is 1. The number of fused-ring (bicyclic) bond motifs is 1. The van der Waals surface area contributed by atoms with Crippen LogP contribution in [0.3, 0.4) is 0 Å². The lowest BCUT2D eigenvalue weighted by Crippen LogP contribution is -2.40. The van der Waals surface area contributed by atoms with Crippen LogP contribution in [0, 0.1) is 0 Å². The zero-order valence-electron chi connectivity index (χ0n) is 11.6. The standard InChI is InChI=1S/C14H16N2O5/c1-9(14(15)19)21-13(18)6-7-16-10-4-2-3-5-11(10)20-8-12(16)17/h2-5,9H,6-8H2,1H3,(H2,15,19). The number of hydrogen-bond acceptors (Lipinski definition) is 5. The van der Waals surface area contributed by atoms with Gasteiger partial charge in [-0.1, -0.05) is 12.1 Å². The number of hydrogen-bond donors (Lipinski definition) is 1. The Morgan fingerprint density at radius 2 is 2.14 bits per heavy atom. The van der Waals surface area contributed by atoms with Crippen LogP contribution < -0.4 is 15.4 Å². The highest BCUT2D eigenvalue weighted by molar-refractivity contribution is 5.98. The Labute approximate surface area is 121 Å². The summed E-state index contributed by atoms with van der Waals surface area (Å²) < 4.78 is 10.1. The maximum Gasteiger partial charge on any atom is 0.308 e. The molecule has 1 aliphatic heterocycles. The molecule has 1 heterocycles. The molecule has 2 rings (SSSR count). The zero-order chi connectivity index (χ0) is 15.4. The summed E-state index contributed by atoms with van der Waals surface area (Å²) in [6, 6.07) is 7.07. The maximum absolute atomic E-state index is 11.9. The SMILES string of the molecule is CC(OC(=O)CCN1C(=O)COc2ccccc21)C(N)=O. The molecule has 7 nitrogen and oxygen atoms in total. The fourth-order valence-corrected chi connectivity index (χ4v) is 1.92. The second-order valence-electron chi connectivity index (χ2n) is 4.59. The van der Waals surface area contributed by atoms with Gasteiger partial charge in [-0.3, -0.25) is 14.4 Å². The van der Waals surface area contributed by atoms with E-state index in [2.05, 4.69) is 0 Å². The molecule has 7 heteroatoms. The molecule has 1 aliphatic rings. The van der Waals surface area contributed by atoms with Crippen molar-refractivity contribution in [2.24, 2.45) is 5.73 Å². The molecule has 0 aromatic heterocycles. The molecule has 0 radical (unpaired) electrons. The summed E-state index contributed by atoms with van der Waals surface area (Å²) >= 11 is 0. The van der Waals surface area contributed by atoms with E-state index < -0.39 is 18.0 Å². The van der Waals surface area contributed by atoms with Crippen molar-refractivity contribution >= 4 is 23.5 Å². The van der Waals surface area contributed by atoms with Crippen molar-refractivity contribution in [1.29, 1.82) is 0 Å².